The fourth-order valence-corrected chi connectivity index (χ4v) is 4.24. The highest BCUT2D eigenvalue weighted by atomic mass is 16.5. The Morgan fingerprint density at radius 2 is 1.58 bits per heavy atom. The minimum Gasteiger partial charge on any atom is -0.482 e. The zero-order chi connectivity index (χ0) is 31.4. The Morgan fingerprint density at radius 1 is 0.884 bits per heavy atom. The van der Waals surface area contributed by atoms with Crippen LogP contribution < -0.4 is 25.2 Å². The van der Waals surface area contributed by atoms with Crippen LogP contribution in [0.2, 0.25) is 0 Å². The molecule has 228 valence electrons. The molecular formula is C33H40N4O6. The van der Waals surface area contributed by atoms with Crippen molar-refractivity contribution in [1.29, 1.82) is 0 Å². The first kappa shape index (κ1) is 32.7. The van der Waals surface area contributed by atoms with Gasteiger partial charge in [0.1, 0.15) is 5.75 Å². The third kappa shape index (κ3) is 10.2. The number of benzene rings is 3. The molecule has 0 saturated heterocycles. The van der Waals surface area contributed by atoms with Crippen molar-refractivity contribution in [3.63, 3.8) is 0 Å². The summed E-state index contributed by atoms with van der Waals surface area (Å²) in [5.74, 6) is -0.458. The van der Waals surface area contributed by atoms with E-state index in [0.717, 1.165) is 12.1 Å². The second-order valence-electron chi connectivity index (χ2n) is 10.7. The minimum absolute atomic E-state index is 0.172. The van der Waals surface area contributed by atoms with Gasteiger partial charge < -0.3 is 30.3 Å². The quantitative estimate of drug-likeness (QED) is 0.238. The van der Waals surface area contributed by atoms with Crippen LogP contribution in [0.1, 0.15) is 32.8 Å². The molecule has 10 nitrogen and oxygen atoms in total. The van der Waals surface area contributed by atoms with E-state index >= 15 is 0 Å². The number of aliphatic carboxylic acids is 1. The second kappa shape index (κ2) is 16.0. The molecule has 0 aliphatic rings. The van der Waals surface area contributed by atoms with Crippen LogP contribution in [0.5, 0.6) is 5.75 Å². The molecule has 0 radical (unpaired) electrons. The third-order valence-electron chi connectivity index (χ3n) is 7.21. The van der Waals surface area contributed by atoms with E-state index in [0.29, 0.717) is 41.1 Å². The van der Waals surface area contributed by atoms with Gasteiger partial charge in [-0.3, -0.25) is 14.4 Å². The van der Waals surface area contributed by atoms with Crippen molar-refractivity contribution in [2.75, 3.05) is 41.9 Å². The highest BCUT2D eigenvalue weighted by molar-refractivity contribution is 5.99. The molecule has 0 fully saturated rings. The number of likely N-dealkylation sites (N-methyl/N-ethyl adjacent to an activating group) is 1. The number of urea groups is 1. The van der Waals surface area contributed by atoms with Crippen molar-refractivity contribution >= 4 is 40.9 Å². The van der Waals surface area contributed by atoms with Gasteiger partial charge in [-0.15, -0.1) is 0 Å². The summed E-state index contributed by atoms with van der Waals surface area (Å²) in [6.07, 6.45) is 0.547. The van der Waals surface area contributed by atoms with Gasteiger partial charge >= 0.3 is 12.0 Å². The van der Waals surface area contributed by atoms with Gasteiger partial charge in [-0.1, -0.05) is 63.2 Å². The van der Waals surface area contributed by atoms with Crippen molar-refractivity contribution in [2.45, 2.75) is 33.6 Å². The van der Waals surface area contributed by atoms with Gasteiger partial charge in [0.2, 0.25) is 5.91 Å². The van der Waals surface area contributed by atoms with Crippen LogP contribution in [0.25, 0.3) is 0 Å². The summed E-state index contributed by atoms with van der Waals surface area (Å²) in [5.41, 5.74) is 2.19. The lowest BCUT2D eigenvalue weighted by atomic mass is 9.94. The standard InChI is InChI=1S/C33H40N4O6/c1-23(2)24(3)17-18-37(30(38)21-34-33(42)35-26-12-10-11-25(19-26)20-32(40)41)28-15-8-9-16-29(28)43-22-31(39)36(4)27-13-6-5-7-14-27/h5-16,19,23-24H,17-18,20-22H2,1-4H3,(H,40,41)(H2,34,35,42). The number of para-hydroxylation sites is 3. The molecule has 1 unspecified atom stereocenters. The van der Waals surface area contributed by atoms with Crippen molar-refractivity contribution in [2.24, 2.45) is 11.8 Å². The maximum atomic E-state index is 13.5. The van der Waals surface area contributed by atoms with Gasteiger partial charge in [-0.05, 0) is 60.2 Å². The molecule has 0 saturated carbocycles. The number of nitrogens with zero attached hydrogens (tertiary/aromatic N) is 2. The molecule has 3 N–H and O–H groups in total. The summed E-state index contributed by atoms with van der Waals surface area (Å²) in [4.78, 5) is 53.1. The first-order chi connectivity index (χ1) is 20.5. The lowest BCUT2D eigenvalue weighted by Crippen LogP contribution is -2.42. The van der Waals surface area contributed by atoms with E-state index in [1.807, 2.05) is 30.3 Å². The average molecular weight is 589 g/mol. The predicted octanol–water partition coefficient (Wildman–Crippen LogP) is 5.19. The number of carboxylic acid groups (broad SMARTS) is 1. The summed E-state index contributed by atoms with van der Waals surface area (Å²) < 4.78 is 5.94. The molecule has 3 aromatic carbocycles. The highest BCUT2D eigenvalue weighted by Crippen LogP contribution is 2.29. The van der Waals surface area contributed by atoms with E-state index in [9.17, 15) is 19.2 Å². The summed E-state index contributed by atoms with van der Waals surface area (Å²) in [5, 5.41) is 14.3. The van der Waals surface area contributed by atoms with Crippen LogP contribution in [0.4, 0.5) is 21.9 Å². The summed E-state index contributed by atoms with van der Waals surface area (Å²) in [6, 6.07) is 22.2. The monoisotopic (exact) mass is 588 g/mol. The van der Waals surface area contributed by atoms with E-state index in [-0.39, 0.29) is 31.4 Å². The van der Waals surface area contributed by atoms with E-state index in [1.54, 1.807) is 60.5 Å². The molecule has 0 heterocycles. The van der Waals surface area contributed by atoms with Gasteiger partial charge in [0.15, 0.2) is 6.61 Å². The van der Waals surface area contributed by atoms with Gasteiger partial charge in [-0.2, -0.15) is 0 Å². The van der Waals surface area contributed by atoms with Crippen LogP contribution in [0.15, 0.2) is 78.9 Å². The number of anilines is 3. The summed E-state index contributed by atoms with van der Waals surface area (Å²) in [6.45, 7) is 6.24. The zero-order valence-electron chi connectivity index (χ0n) is 25.1. The summed E-state index contributed by atoms with van der Waals surface area (Å²) >= 11 is 0. The molecule has 0 aliphatic carbocycles. The molecule has 0 bridgehead atoms. The Labute approximate surface area is 252 Å². The Bertz CT molecular complexity index is 1390. The number of carbonyl (C=O) groups excluding carboxylic acids is 3. The fraction of sp³-hybridized carbons (Fsp3) is 0.333. The predicted molar refractivity (Wildman–Crippen MR) is 168 cm³/mol. The van der Waals surface area contributed by atoms with E-state index < -0.39 is 12.0 Å². The molecule has 0 spiro atoms. The fourth-order valence-electron chi connectivity index (χ4n) is 4.24. The zero-order valence-corrected chi connectivity index (χ0v) is 25.1. The lowest BCUT2D eigenvalue weighted by molar-refractivity contribution is -0.136. The maximum Gasteiger partial charge on any atom is 0.319 e. The molecule has 0 aromatic heterocycles. The SMILES string of the molecule is CC(C)C(C)CCN(C(=O)CNC(=O)Nc1cccc(CC(=O)O)c1)c1ccccc1OCC(=O)N(C)c1ccccc1. The second-order valence-corrected chi connectivity index (χ2v) is 10.7. The largest absolute Gasteiger partial charge is 0.482 e. The molecule has 0 aliphatic heterocycles. The molecule has 43 heavy (non-hydrogen) atoms. The van der Waals surface area contributed by atoms with Crippen LogP contribution in [-0.4, -0.2) is 55.7 Å². The normalized spacial score (nSPS) is 11.4. The molecule has 3 aromatic rings. The van der Waals surface area contributed by atoms with Crippen molar-refractivity contribution in [3.05, 3.63) is 84.4 Å². The first-order valence-electron chi connectivity index (χ1n) is 14.2. The first-order valence-corrected chi connectivity index (χ1v) is 14.2. The van der Waals surface area contributed by atoms with Crippen molar-refractivity contribution in [3.8, 4) is 5.75 Å². The van der Waals surface area contributed by atoms with Crippen molar-refractivity contribution < 1.29 is 29.0 Å². The Morgan fingerprint density at radius 3 is 2.28 bits per heavy atom. The van der Waals surface area contributed by atoms with Crippen molar-refractivity contribution in [1.82, 2.24) is 5.32 Å². The smallest absolute Gasteiger partial charge is 0.319 e. The van der Waals surface area contributed by atoms with Crippen LogP contribution >= 0.6 is 0 Å². The molecule has 4 amide bonds. The number of ether oxygens (including phenoxy) is 1. The van der Waals surface area contributed by atoms with Gasteiger partial charge in [0.25, 0.3) is 5.91 Å². The van der Waals surface area contributed by atoms with E-state index in [2.05, 4.69) is 31.4 Å². The third-order valence-corrected chi connectivity index (χ3v) is 7.21. The Balaban J connectivity index is 1.71. The number of hydrogen-bond acceptors (Lipinski definition) is 5. The molecule has 1 atom stereocenters. The molecule has 10 heteroatoms. The number of carbonyl (C=O) groups is 4. The van der Waals surface area contributed by atoms with Crippen LogP contribution in [-0.2, 0) is 20.8 Å². The highest BCUT2D eigenvalue weighted by Gasteiger charge is 2.22. The Hall–Kier alpha value is -4.86. The van der Waals surface area contributed by atoms with Gasteiger partial charge in [-0.25, -0.2) is 4.79 Å². The van der Waals surface area contributed by atoms with Crippen LogP contribution in [0.3, 0.4) is 0 Å². The van der Waals surface area contributed by atoms with Gasteiger partial charge in [0, 0.05) is 25.0 Å². The topological polar surface area (TPSA) is 128 Å². The summed E-state index contributed by atoms with van der Waals surface area (Å²) in [7, 11) is 1.68. The minimum atomic E-state index is -0.976. The van der Waals surface area contributed by atoms with Crippen LogP contribution in [0, 0.1) is 11.8 Å². The number of nitrogens with one attached hydrogen (secondary N) is 2. The van der Waals surface area contributed by atoms with E-state index in [4.69, 9.17) is 9.84 Å². The average Bonchev–Trinajstić information content (AvgIpc) is 2.99. The maximum absolute atomic E-state index is 13.5. The number of hydrogen-bond donors (Lipinski definition) is 3. The molecule has 3 rings (SSSR count). The number of amides is 4. The molecular weight excluding hydrogens is 548 g/mol. The van der Waals surface area contributed by atoms with Gasteiger partial charge in [0.05, 0.1) is 18.7 Å². The van der Waals surface area contributed by atoms with E-state index in [1.165, 1.54) is 4.90 Å². The number of rotatable bonds is 14. The Kier molecular flexibility index (Phi) is 12.1. The lowest BCUT2D eigenvalue weighted by Gasteiger charge is -2.27. The number of carboxylic acids is 1.